The van der Waals surface area contributed by atoms with Crippen molar-refractivity contribution in [3.63, 3.8) is 0 Å². The van der Waals surface area contributed by atoms with Crippen LogP contribution in [0.4, 0.5) is 0 Å². The number of aromatic nitrogens is 1. The van der Waals surface area contributed by atoms with Gasteiger partial charge in [0, 0.05) is 0 Å². The Kier molecular flexibility index (Phi) is 8.31. The van der Waals surface area contributed by atoms with Gasteiger partial charge in [-0.3, -0.25) is 9.36 Å². The number of methoxy groups -OCH3 is 1. The maximum absolute atomic E-state index is 13.8. The molecule has 0 radical (unpaired) electrons. The van der Waals surface area contributed by atoms with E-state index in [1.807, 2.05) is 44.2 Å². The molecule has 1 atom stereocenters. The van der Waals surface area contributed by atoms with E-state index in [9.17, 15) is 9.59 Å². The van der Waals surface area contributed by atoms with Crippen molar-refractivity contribution in [2.45, 2.75) is 26.3 Å². The molecule has 0 saturated carbocycles. The van der Waals surface area contributed by atoms with Gasteiger partial charge in [0.1, 0.15) is 6.61 Å². The number of esters is 1. The molecule has 0 bridgehead atoms. The summed E-state index contributed by atoms with van der Waals surface area (Å²) in [4.78, 5) is 31.8. The van der Waals surface area contributed by atoms with E-state index in [-0.39, 0.29) is 12.2 Å². The summed E-state index contributed by atoms with van der Waals surface area (Å²) < 4.78 is 18.5. The van der Waals surface area contributed by atoms with E-state index < -0.39 is 12.0 Å². The second-order valence-corrected chi connectivity index (χ2v) is 9.48. The summed E-state index contributed by atoms with van der Waals surface area (Å²) in [5, 5.41) is 0.357. The van der Waals surface area contributed by atoms with Crippen LogP contribution in [0.3, 0.4) is 0 Å². The Balaban J connectivity index is 1.92. The second kappa shape index (κ2) is 11.6. The van der Waals surface area contributed by atoms with Crippen LogP contribution < -0.4 is 24.4 Å². The van der Waals surface area contributed by atoms with Gasteiger partial charge < -0.3 is 14.2 Å². The highest BCUT2D eigenvalue weighted by Crippen LogP contribution is 2.37. The van der Waals surface area contributed by atoms with Crippen LogP contribution >= 0.6 is 22.9 Å². The van der Waals surface area contributed by atoms with Crippen LogP contribution in [0.1, 0.15) is 37.4 Å². The molecule has 0 spiro atoms. The number of halogens is 1. The lowest BCUT2D eigenvalue weighted by molar-refractivity contribution is -0.136. The van der Waals surface area contributed by atoms with E-state index in [0.717, 1.165) is 5.56 Å². The molecule has 2 aromatic carbocycles. The molecule has 0 aliphatic carbocycles. The lowest BCUT2D eigenvalue weighted by atomic mass is 9.95. The van der Waals surface area contributed by atoms with Gasteiger partial charge in [0.25, 0.3) is 5.56 Å². The smallest absolute Gasteiger partial charge is 0.338 e. The Morgan fingerprint density at radius 3 is 2.62 bits per heavy atom. The first-order valence-corrected chi connectivity index (χ1v) is 13.0. The molecule has 0 N–H and O–H groups in total. The molecule has 37 heavy (non-hydrogen) atoms. The molecule has 7 nitrogen and oxygen atoms in total. The van der Waals surface area contributed by atoms with E-state index in [4.69, 9.17) is 25.8 Å². The van der Waals surface area contributed by atoms with Gasteiger partial charge in [0.05, 0.1) is 40.6 Å². The van der Waals surface area contributed by atoms with E-state index in [1.165, 1.54) is 18.4 Å². The average Bonchev–Trinajstić information content (AvgIpc) is 3.21. The molecular formula is C28H27ClN2O5S. The lowest BCUT2D eigenvalue weighted by Gasteiger charge is -2.25. The summed E-state index contributed by atoms with van der Waals surface area (Å²) in [6, 6.07) is 12.2. The Labute approximate surface area is 223 Å². The number of fused-ring (bicyclic) bond motifs is 1. The maximum Gasteiger partial charge on any atom is 0.338 e. The van der Waals surface area contributed by atoms with Crippen LogP contribution in [-0.4, -0.2) is 30.9 Å². The number of thiazole rings is 1. The molecule has 3 aromatic rings. The summed E-state index contributed by atoms with van der Waals surface area (Å²) in [6.45, 7) is 8.15. The fourth-order valence-electron chi connectivity index (χ4n) is 4.18. The number of benzene rings is 2. The molecule has 0 unspecified atom stereocenters. The van der Waals surface area contributed by atoms with Gasteiger partial charge in [-0.25, -0.2) is 9.79 Å². The van der Waals surface area contributed by atoms with Crippen molar-refractivity contribution in [2.24, 2.45) is 4.99 Å². The van der Waals surface area contributed by atoms with Gasteiger partial charge in [-0.1, -0.05) is 72.8 Å². The first-order valence-electron chi connectivity index (χ1n) is 11.8. The van der Waals surface area contributed by atoms with Crippen molar-refractivity contribution in [1.29, 1.82) is 0 Å². The molecule has 1 aliphatic rings. The minimum Gasteiger partial charge on any atom is -0.490 e. The number of carbonyl (C=O) groups is 1. The Bertz CT molecular complexity index is 1540. The fourth-order valence-corrected chi connectivity index (χ4v) is 5.48. The van der Waals surface area contributed by atoms with Crippen LogP contribution in [0.2, 0.25) is 5.02 Å². The molecule has 0 fully saturated rings. The van der Waals surface area contributed by atoms with Crippen LogP contribution in [0.5, 0.6) is 11.5 Å². The highest BCUT2D eigenvalue weighted by molar-refractivity contribution is 7.07. The molecule has 2 heterocycles. The van der Waals surface area contributed by atoms with Crippen molar-refractivity contribution in [3.05, 3.63) is 102 Å². The minimum atomic E-state index is -0.653. The Hall–Kier alpha value is -3.62. The highest BCUT2D eigenvalue weighted by Gasteiger charge is 2.33. The minimum absolute atomic E-state index is 0.268. The van der Waals surface area contributed by atoms with E-state index in [0.29, 0.717) is 55.7 Å². The SMILES string of the molecule is C=CCOc1c(Cl)cc(/C=c2\sc3n(c2=O)[C@H](c2ccccc2)C(C(=O)OC)=C(CC)N=3)cc1OCC. The third kappa shape index (κ3) is 5.26. The monoisotopic (exact) mass is 538 g/mol. The van der Waals surface area contributed by atoms with E-state index >= 15 is 0 Å². The summed E-state index contributed by atoms with van der Waals surface area (Å²) in [5.74, 6) is 0.382. The lowest BCUT2D eigenvalue weighted by Crippen LogP contribution is -2.40. The molecule has 1 aromatic heterocycles. The van der Waals surface area contributed by atoms with Crippen molar-refractivity contribution in [1.82, 2.24) is 4.57 Å². The van der Waals surface area contributed by atoms with Gasteiger partial charge in [-0.05, 0) is 42.7 Å². The zero-order valence-corrected chi connectivity index (χ0v) is 22.4. The summed E-state index contributed by atoms with van der Waals surface area (Å²) in [6.07, 6.45) is 3.88. The van der Waals surface area contributed by atoms with Crippen molar-refractivity contribution < 1.29 is 19.0 Å². The van der Waals surface area contributed by atoms with Crippen molar-refractivity contribution in [2.75, 3.05) is 20.3 Å². The van der Waals surface area contributed by atoms with Gasteiger partial charge in [-0.2, -0.15) is 0 Å². The predicted octanol–water partition coefficient (Wildman–Crippen LogP) is 4.42. The molecular weight excluding hydrogens is 512 g/mol. The van der Waals surface area contributed by atoms with Crippen LogP contribution in [0.15, 0.2) is 76.2 Å². The van der Waals surface area contributed by atoms with E-state index in [1.54, 1.807) is 28.9 Å². The number of carbonyl (C=O) groups excluding carboxylic acids is 1. The number of ether oxygens (including phenoxy) is 3. The van der Waals surface area contributed by atoms with Gasteiger partial charge in [0.2, 0.25) is 0 Å². The summed E-state index contributed by atoms with van der Waals surface area (Å²) in [7, 11) is 1.33. The zero-order chi connectivity index (χ0) is 26.5. The standard InChI is InChI=1S/C28H27ClN2O5S/c1-5-13-36-25-19(29)14-17(15-21(25)35-7-3)16-22-26(32)31-24(18-11-9-8-10-12-18)23(27(33)34-4)20(6-2)30-28(31)37-22/h5,8-12,14-16,24H,1,6-7,13H2,2-4H3/b22-16-/t24-/m1/s1. The van der Waals surface area contributed by atoms with Crippen LogP contribution in [0, 0.1) is 0 Å². The fraction of sp³-hybridized carbons (Fsp3) is 0.250. The average molecular weight is 539 g/mol. The summed E-state index contributed by atoms with van der Waals surface area (Å²) >= 11 is 7.76. The maximum atomic E-state index is 13.8. The third-order valence-corrected chi connectivity index (χ3v) is 7.00. The van der Waals surface area contributed by atoms with Crippen molar-refractivity contribution >= 4 is 35.0 Å². The van der Waals surface area contributed by atoms with Crippen molar-refractivity contribution in [3.8, 4) is 11.5 Å². The largest absolute Gasteiger partial charge is 0.490 e. The molecule has 0 saturated heterocycles. The van der Waals surface area contributed by atoms with Gasteiger partial charge in [0.15, 0.2) is 16.3 Å². The highest BCUT2D eigenvalue weighted by atomic mass is 35.5. The van der Waals surface area contributed by atoms with Gasteiger partial charge in [-0.15, -0.1) is 0 Å². The first kappa shape index (κ1) is 26.4. The number of nitrogens with zero attached hydrogens (tertiary/aromatic N) is 2. The van der Waals surface area contributed by atoms with Crippen LogP contribution in [-0.2, 0) is 9.53 Å². The van der Waals surface area contributed by atoms with Crippen LogP contribution in [0.25, 0.3) is 6.08 Å². The Morgan fingerprint density at radius 1 is 1.22 bits per heavy atom. The Morgan fingerprint density at radius 2 is 1.97 bits per heavy atom. The first-order chi connectivity index (χ1) is 17.9. The normalized spacial score (nSPS) is 15.1. The molecule has 4 rings (SSSR count). The number of hydrogen-bond donors (Lipinski definition) is 0. The number of rotatable bonds is 9. The summed E-state index contributed by atoms with van der Waals surface area (Å²) in [5.41, 5.74) is 2.15. The quantitative estimate of drug-likeness (QED) is 0.298. The molecule has 192 valence electrons. The van der Waals surface area contributed by atoms with Gasteiger partial charge >= 0.3 is 5.97 Å². The molecule has 9 heteroatoms. The zero-order valence-electron chi connectivity index (χ0n) is 20.8. The second-order valence-electron chi connectivity index (χ2n) is 8.06. The molecule has 0 amide bonds. The van der Waals surface area contributed by atoms with E-state index in [2.05, 4.69) is 11.6 Å². The number of hydrogen-bond acceptors (Lipinski definition) is 7. The molecule has 1 aliphatic heterocycles. The predicted molar refractivity (Wildman–Crippen MR) is 145 cm³/mol. The number of allylic oxidation sites excluding steroid dienone is 1. The topological polar surface area (TPSA) is 79.1 Å². The third-order valence-electron chi connectivity index (χ3n) is 5.74.